The largest absolute Gasteiger partial charge is 0.350 e. The van der Waals surface area contributed by atoms with E-state index in [9.17, 15) is 32.9 Å². The van der Waals surface area contributed by atoms with Crippen LogP contribution in [0.1, 0.15) is 47.1 Å². The normalized spacial score (nSPS) is 13.7. The van der Waals surface area contributed by atoms with E-state index in [2.05, 4.69) is 10.0 Å². The zero-order valence-electron chi connectivity index (χ0n) is 18.1. The number of hydrogen-bond acceptors (Lipinski definition) is 7. The van der Waals surface area contributed by atoms with Crippen molar-refractivity contribution in [1.82, 2.24) is 14.9 Å². The van der Waals surface area contributed by atoms with E-state index in [1.807, 2.05) is 0 Å². The molecule has 0 spiro atoms. The van der Waals surface area contributed by atoms with Gasteiger partial charge in [0.1, 0.15) is 12.1 Å². The fraction of sp³-hybridized carbons (Fsp3) is 0.286. The summed E-state index contributed by atoms with van der Waals surface area (Å²) in [5, 5.41) is 13.7. The van der Waals surface area contributed by atoms with Gasteiger partial charge in [0.05, 0.1) is 15.4 Å². The molecule has 0 radical (unpaired) electrons. The van der Waals surface area contributed by atoms with Gasteiger partial charge < -0.3 is 5.32 Å². The fourth-order valence-electron chi connectivity index (χ4n) is 3.37. The molecule has 2 aromatic carbocycles. The lowest BCUT2D eigenvalue weighted by molar-refractivity contribution is -0.385. The lowest BCUT2D eigenvalue weighted by Crippen LogP contribution is -2.41. The lowest BCUT2D eigenvalue weighted by atomic mass is 10.1. The quantitative estimate of drug-likeness (QED) is 0.350. The number of sulfonamides is 1. The van der Waals surface area contributed by atoms with Crippen LogP contribution in [0.25, 0.3) is 0 Å². The Hall–Kier alpha value is -3.64. The first-order valence-electron chi connectivity index (χ1n) is 9.84. The highest BCUT2D eigenvalue weighted by Gasteiger charge is 2.41. The van der Waals surface area contributed by atoms with Gasteiger partial charge in [0.15, 0.2) is 0 Å². The number of amides is 3. The van der Waals surface area contributed by atoms with E-state index in [4.69, 9.17) is 0 Å². The van der Waals surface area contributed by atoms with E-state index >= 15 is 0 Å². The minimum Gasteiger partial charge on any atom is -0.350 e. The van der Waals surface area contributed by atoms with Crippen LogP contribution < -0.4 is 10.0 Å². The summed E-state index contributed by atoms with van der Waals surface area (Å²) in [4.78, 5) is 48.6. The summed E-state index contributed by atoms with van der Waals surface area (Å²) in [6.45, 7) is 4.24. The van der Waals surface area contributed by atoms with Gasteiger partial charge in [-0.15, -0.1) is 0 Å². The predicted octanol–water partition coefficient (Wildman–Crippen LogP) is 1.58. The molecule has 2 aromatic rings. The molecule has 0 aliphatic carbocycles. The molecule has 3 rings (SSSR count). The monoisotopic (exact) mass is 474 g/mol. The third-order valence-corrected chi connectivity index (χ3v) is 6.51. The van der Waals surface area contributed by atoms with E-state index in [1.165, 1.54) is 24.3 Å². The Bertz CT molecular complexity index is 1270. The van der Waals surface area contributed by atoms with Crippen LogP contribution in [0.15, 0.2) is 47.4 Å². The number of nitrogens with zero attached hydrogens (tertiary/aromatic N) is 2. The van der Waals surface area contributed by atoms with Gasteiger partial charge in [-0.25, -0.2) is 13.1 Å². The topological polar surface area (TPSA) is 156 Å². The molecule has 1 aliphatic rings. The van der Waals surface area contributed by atoms with Gasteiger partial charge in [-0.05, 0) is 38.5 Å². The van der Waals surface area contributed by atoms with Crippen LogP contribution in [0.2, 0.25) is 0 Å². The molecule has 174 valence electrons. The first-order valence-corrected chi connectivity index (χ1v) is 11.3. The molecular weight excluding hydrogens is 452 g/mol. The Morgan fingerprint density at radius 1 is 1.06 bits per heavy atom. The molecule has 33 heavy (non-hydrogen) atoms. The summed E-state index contributed by atoms with van der Waals surface area (Å²) in [7, 11) is -3.87. The molecule has 1 heterocycles. The number of imide groups is 1. The van der Waals surface area contributed by atoms with Crippen LogP contribution in [0.5, 0.6) is 0 Å². The second-order valence-corrected chi connectivity index (χ2v) is 10.0. The van der Waals surface area contributed by atoms with Crippen LogP contribution in [0, 0.1) is 10.1 Å². The van der Waals surface area contributed by atoms with E-state index in [1.54, 1.807) is 32.9 Å². The smallest absolute Gasteiger partial charge is 0.282 e. The number of carbonyl (C=O) groups is 3. The maximum Gasteiger partial charge on any atom is 0.282 e. The minimum absolute atomic E-state index is 0.0171. The summed E-state index contributed by atoms with van der Waals surface area (Å²) in [6, 6.07) is 9.77. The van der Waals surface area contributed by atoms with Crippen LogP contribution in [0.4, 0.5) is 5.69 Å². The van der Waals surface area contributed by atoms with Crippen molar-refractivity contribution in [2.24, 2.45) is 0 Å². The standard InChI is InChI=1S/C21H22N4O7S/c1-21(2,3)23-33(31,32)16-10-5-4-7-13(16)11-22-17(26)12-24-19(27)14-8-6-9-15(25(29)30)18(14)20(24)28/h4-10,23H,11-12H2,1-3H3,(H,22,26). The van der Waals surface area contributed by atoms with Crippen LogP contribution in [0.3, 0.4) is 0 Å². The molecular formula is C21H22N4O7S. The molecule has 0 fully saturated rings. The molecule has 0 atom stereocenters. The summed E-state index contributed by atoms with van der Waals surface area (Å²) in [5.74, 6) is -2.48. The second-order valence-electron chi connectivity index (χ2n) is 8.39. The molecule has 3 amide bonds. The molecule has 0 aromatic heterocycles. The van der Waals surface area contributed by atoms with Crippen molar-refractivity contribution in [3.63, 3.8) is 0 Å². The Labute approximate surface area is 190 Å². The van der Waals surface area contributed by atoms with Crippen molar-refractivity contribution in [2.45, 2.75) is 37.8 Å². The third-order valence-electron chi connectivity index (χ3n) is 4.65. The van der Waals surface area contributed by atoms with Crippen molar-refractivity contribution in [1.29, 1.82) is 0 Å². The van der Waals surface area contributed by atoms with Gasteiger partial charge >= 0.3 is 0 Å². The molecule has 0 bridgehead atoms. The fourth-order valence-corrected chi connectivity index (χ4v) is 5.03. The zero-order chi connectivity index (χ0) is 24.6. The highest BCUT2D eigenvalue weighted by Crippen LogP contribution is 2.30. The maximum absolute atomic E-state index is 12.7. The molecule has 2 N–H and O–H groups in total. The Kier molecular flexibility index (Phi) is 6.34. The van der Waals surface area contributed by atoms with Gasteiger partial charge in [0.2, 0.25) is 15.9 Å². The number of nitrogens with one attached hydrogen (secondary N) is 2. The average Bonchev–Trinajstić information content (AvgIpc) is 2.95. The van der Waals surface area contributed by atoms with E-state index in [0.717, 1.165) is 6.07 Å². The zero-order valence-corrected chi connectivity index (χ0v) is 18.9. The van der Waals surface area contributed by atoms with Crippen LogP contribution in [-0.2, 0) is 21.4 Å². The lowest BCUT2D eigenvalue weighted by Gasteiger charge is -2.21. The number of nitro groups is 1. The Balaban J connectivity index is 1.74. The Morgan fingerprint density at radius 3 is 2.36 bits per heavy atom. The van der Waals surface area contributed by atoms with Crippen molar-refractivity contribution in [2.75, 3.05) is 6.54 Å². The first-order chi connectivity index (χ1) is 15.3. The molecule has 0 unspecified atom stereocenters. The number of nitro benzene ring substituents is 1. The summed E-state index contributed by atoms with van der Waals surface area (Å²) < 4.78 is 28.0. The molecule has 1 aliphatic heterocycles. The number of carbonyl (C=O) groups excluding carboxylic acids is 3. The molecule has 0 saturated carbocycles. The SMILES string of the molecule is CC(C)(C)NS(=O)(=O)c1ccccc1CNC(=O)CN1C(=O)c2cccc([N+](=O)[O-])c2C1=O. The number of fused-ring (bicyclic) bond motifs is 1. The number of hydrogen-bond donors (Lipinski definition) is 2. The van der Waals surface area contributed by atoms with Crippen molar-refractivity contribution >= 4 is 33.4 Å². The van der Waals surface area contributed by atoms with Gasteiger partial charge in [-0.2, -0.15) is 0 Å². The summed E-state index contributed by atoms with van der Waals surface area (Å²) in [6.07, 6.45) is 0. The van der Waals surface area contributed by atoms with Crippen molar-refractivity contribution in [3.05, 3.63) is 69.3 Å². The van der Waals surface area contributed by atoms with E-state index in [0.29, 0.717) is 10.5 Å². The summed E-state index contributed by atoms with van der Waals surface area (Å²) >= 11 is 0. The van der Waals surface area contributed by atoms with Crippen LogP contribution >= 0.6 is 0 Å². The van der Waals surface area contributed by atoms with Gasteiger partial charge in [0.25, 0.3) is 17.5 Å². The first kappa shape index (κ1) is 24.0. The van der Waals surface area contributed by atoms with E-state index in [-0.39, 0.29) is 22.6 Å². The molecule has 0 saturated heterocycles. The summed E-state index contributed by atoms with van der Waals surface area (Å²) in [5.41, 5.74) is -1.43. The van der Waals surface area contributed by atoms with Gasteiger partial charge in [-0.1, -0.05) is 24.3 Å². The van der Waals surface area contributed by atoms with E-state index < -0.39 is 50.4 Å². The Morgan fingerprint density at radius 2 is 1.73 bits per heavy atom. The third kappa shape index (κ3) is 5.07. The van der Waals surface area contributed by atoms with Gasteiger partial charge in [0, 0.05) is 18.2 Å². The van der Waals surface area contributed by atoms with Gasteiger partial charge in [-0.3, -0.25) is 29.4 Å². The molecule has 12 heteroatoms. The maximum atomic E-state index is 12.7. The highest BCUT2D eigenvalue weighted by molar-refractivity contribution is 7.89. The van der Waals surface area contributed by atoms with Crippen LogP contribution in [-0.4, -0.2) is 48.0 Å². The highest BCUT2D eigenvalue weighted by atomic mass is 32.2. The second kappa shape index (κ2) is 8.71. The minimum atomic E-state index is -3.87. The van der Waals surface area contributed by atoms with Crippen molar-refractivity contribution in [3.8, 4) is 0 Å². The number of rotatable bonds is 7. The average molecular weight is 474 g/mol. The predicted molar refractivity (Wildman–Crippen MR) is 117 cm³/mol. The number of benzene rings is 2. The molecule has 11 nitrogen and oxygen atoms in total. The van der Waals surface area contributed by atoms with Crippen molar-refractivity contribution < 1.29 is 27.7 Å².